The molecule has 1 aliphatic rings. The smallest absolute Gasteiger partial charge is 0.398 e. The SMILES string of the molecule is Nc1cc(C(F)(F)F)nc2ccc(C3=CC3)cc12. The molecule has 0 saturated carbocycles. The van der Waals surface area contributed by atoms with Gasteiger partial charge in [-0.1, -0.05) is 12.1 Å². The Hall–Kier alpha value is -2.04. The highest BCUT2D eigenvalue weighted by Crippen LogP contribution is 2.35. The van der Waals surface area contributed by atoms with Crippen LogP contribution in [0, 0.1) is 0 Å². The van der Waals surface area contributed by atoms with E-state index >= 15 is 0 Å². The molecule has 2 N–H and O–H groups in total. The monoisotopic (exact) mass is 250 g/mol. The lowest BCUT2D eigenvalue weighted by atomic mass is 10.1. The molecule has 0 fully saturated rings. The number of nitrogens with two attached hydrogens (primary N) is 1. The average molecular weight is 250 g/mol. The first-order valence-corrected chi connectivity index (χ1v) is 5.42. The summed E-state index contributed by atoms with van der Waals surface area (Å²) in [5.74, 6) is 0. The van der Waals surface area contributed by atoms with E-state index in [9.17, 15) is 13.2 Å². The van der Waals surface area contributed by atoms with Crippen LogP contribution >= 0.6 is 0 Å². The third kappa shape index (κ3) is 1.81. The van der Waals surface area contributed by atoms with Crippen LogP contribution in [0.2, 0.25) is 0 Å². The van der Waals surface area contributed by atoms with Crippen LogP contribution in [0.25, 0.3) is 16.5 Å². The fourth-order valence-electron chi connectivity index (χ4n) is 1.88. The highest BCUT2D eigenvalue weighted by molar-refractivity contribution is 5.94. The summed E-state index contributed by atoms with van der Waals surface area (Å²) in [7, 11) is 0. The first-order valence-electron chi connectivity index (χ1n) is 5.42. The third-order valence-corrected chi connectivity index (χ3v) is 2.91. The molecule has 2 aromatic rings. The van der Waals surface area contributed by atoms with Gasteiger partial charge in [0.05, 0.1) is 5.52 Å². The van der Waals surface area contributed by atoms with Gasteiger partial charge in [0.1, 0.15) is 5.69 Å². The number of aromatic nitrogens is 1. The van der Waals surface area contributed by atoms with Crippen molar-refractivity contribution in [2.45, 2.75) is 12.6 Å². The molecular formula is C13H9F3N2. The number of hydrogen-bond donors (Lipinski definition) is 1. The lowest BCUT2D eigenvalue weighted by Gasteiger charge is -2.09. The second kappa shape index (κ2) is 3.48. The maximum atomic E-state index is 12.6. The number of hydrogen-bond acceptors (Lipinski definition) is 2. The average Bonchev–Trinajstić information content (AvgIpc) is 3.11. The molecule has 18 heavy (non-hydrogen) atoms. The van der Waals surface area contributed by atoms with Crippen molar-refractivity contribution in [2.75, 3.05) is 5.73 Å². The van der Waals surface area contributed by atoms with E-state index in [1.807, 2.05) is 0 Å². The van der Waals surface area contributed by atoms with E-state index in [0.29, 0.717) is 5.39 Å². The number of rotatable bonds is 1. The molecule has 2 nitrogen and oxygen atoms in total. The molecule has 0 radical (unpaired) electrons. The van der Waals surface area contributed by atoms with Crippen LogP contribution in [0.4, 0.5) is 18.9 Å². The lowest BCUT2D eigenvalue weighted by Crippen LogP contribution is -2.09. The van der Waals surface area contributed by atoms with Gasteiger partial charge in [0.2, 0.25) is 0 Å². The molecule has 92 valence electrons. The standard InChI is InChI=1S/C13H9F3N2/c14-13(15,16)12-6-10(17)9-5-8(7-1-2-7)3-4-11(9)18-12/h1,3-6H,2H2,(H2,17,18). The fourth-order valence-corrected chi connectivity index (χ4v) is 1.88. The van der Waals surface area contributed by atoms with E-state index in [1.165, 1.54) is 5.57 Å². The largest absolute Gasteiger partial charge is 0.433 e. The Morgan fingerprint density at radius 2 is 1.89 bits per heavy atom. The van der Waals surface area contributed by atoms with E-state index < -0.39 is 11.9 Å². The van der Waals surface area contributed by atoms with E-state index in [4.69, 9.17) is 5.73 Å². The Labute approximate surface area is 101 Å². The van der Waals surface area contributed by atoms with Crippen LogP contribution in [0.5, 0.6) is 0 Å². The second-order valence-corrected chi connectivity index (χ2v) is 4.26. The molecule has 1 aliphatic carbocycles. The third-order valence-electron chi connectivity index (χ3n) is 2.91. The van der Waals surface area contributed by atoms with Crippen molar-refractivity contribution in [3.05, 3.63) is 41.6 Å². The van der Waals surface area contributed by atoms with Crippen LogP contribution in [-0.2, 0) is 6.18 Å². The van der Waals surface area contributed by atoms with Crippen LogP contribution in [0.1, 0.15) is 17.7 Å². The molecule has 0 spiro atoms. The van der Waals surface area contributed by atoms with Crippen molar-refractivity contribution in [2.24, 2.45) is 0 Å². The van der Waals surface area contributed by atoms with Gasteiger partial charge >= 0.3 is 6.18 Å². The highest BCUT2D eigenvalue weighted by atomic mass is 19.4. The van der Waals surface area contributed by atoms with Crippen LogP contribution in [0.3, 0.4) is 0 Å². The van der Waals surface area contributed by atoms with E-state index in [-0.39, 0.29) is 11.2 Å². The molecule has 0 saturated heterocycles. The minimum absolute atomic E-state index is 0.107. The number of fused-ring (bicyclic) bond motifs is 1. The van der Waals surface area contributed by atoms with Crippen LogP contribution in [-0.4, -0.2) is 4.98 Å². The van der Waals surface area contributed by atoms with Crippen molar-refractivity contribution >= 4 is 22.2 Å². The van der Waals surface area contributed by atoms with Gasteiger partial charge in [-0.15, -0.1) is 0 Å². The molecule has 1 aromatic heterocycles. The summed E-state index contributed by atoms with van der Waals surface area (Å²) in [6, 6.07) is 6.02. The number of pyridine rings is 1. The van der Waals surface area contributed by atoms with Crippen molar-refractivity contribution in [1.82, 2.24) is 4.98 Å². The summed E-state index contributed by atoms with van der Waals surface area (Å²) in [4.78, 5) is 3.60. The van der Waals surface area contributed by atoms with Gasteiger partial charge in [-0.05, 0) is 35.8 Å². The van der Waals surface area contributed by atoms with Crippen molar-refractivity contribution < 1.29 is 13.2 Å². The summed E-state index contributed by atoms with van der Waals surface area (Å²) < 4.78 is 37.8. The Morgan fingerprint density at radius 3 is 2.50 bits per heavy atom. The molecule has 3 rings (SSSR count). The second-order valence-electron chi connectivity index (χ2n) is 4.26. The lowest BCUT2D eigenvalue weighted by molar-refractivity contribution is -0.140. The number of halogens is 3. The minimum Gasteiger partial charge on any atom is -0.398 e. The molecule has 0 amide bonds. The first-order chi connectivity index (χ1) is 8.45. The first kappa shape index (κ1) is 11.1. The Bertz CT molecular complexity index is 672. The predicted octanol–water partition coefficient (Wildman–Crippen LogP) is 3.62. The Morgan fingerprint density at radius 1 is 1.17 bits per heavy atom. The molecule has 0 bridgehead atoms. The number of allylic oxidation sites excluding steroid dienone is 2. The van der Waals surface area contributed by atoms with Gasteiger partial charge in [0.25, 0.3) is 0 Å². The summed E-state index contributed by atoms with van der Waals surface area (Å²) in [6.07, 6.45) is -1.49. The molecule has 1 aromatic carbocycles. The number of alkyl halides is 3. The number of nitrogens with zero attached hydrogens (tertiary/aromatic N) is 1. The van der Waals surface area contributed by atoms with Crippen molar-refractivity contribution in [3.63, 3.8) is 0 Å². The summed E-state index contributed by atoms with van der Waals surface area (Å²) >= 11 is 0. The molecule has 0 atom stereocenters. The molecule has 5 heteroatoms. The summed E-state index contributed by atoms with van der Waals surface area (Å²) in [5.41, 5.74) is 7.30. The van der Waals surface area contributed by atoms with Gasteiger partial charge in [0.15, 0.2) is 0 Å². The predicted molar refractivity (Wildman–Crippen MR) is 63.8 cm³/mol. The molecule has 0 aliphatic heterocycles. The maximum Gasteiger partial charge on any atom is 0.433 e. The molecule has 1 heterocycles. The Kier molecular flexibility index (Phi) is 2.14. The molecule has 0 unspecified atom stereocenters. The maximum absolute atomic E-state index is 12.6. The van der Waals surface area contributed by atoms with Crippen LogP contribution < -0.4 is 5.73 Å². The van der Waals surface area contributed by atoms with Gasteiger partial charge in [0, 0.05) is 11.1 Å². The van der Waals surface area contributed by atoms with Crippen molar-refractivity contribution in [3.8, 4) is 0 Å². The number of benzene rings is 1. The summed E-state index contributed by atoms with van der Waals surface area (Å²) in [6.45, 7) is 0. The van der Waals surface area contributed by atoms with E-state index in [2.05, 4.69) is 11.1 Å². The zero-order chi connectivity index (χ0) is 12.9. The minimum atomic E-state index is -4.47. The van der Waals surface area contributed by atoms with E-state index in [0.717, 1.165) is 18.1 Å². The number of anilines is 1. The Balaban J connectivity index is 2.20. The highest BCUT2D eigenvalue weighted by Gasteiger charge is 2.33. The zero-order valence-electron chi connectivity index (χ0n) is 9.25. The number of nitrogen functional groups attached to an aromatic ring is 1. The van der Waals surface area contributed by atoms with Crippen LogP contribution in [0.15, 0.2) is 30.3 Å². The fraction of sp³-hybridized carbons (Fsp3) is 0.154. The summed E-state index contributed by atoms with van der Waals surface area (Å²) in [5, 5.41) is 0.563. The normalized spacial score (nSPS) is 14.7. The molecular weight excluding hydrogens is 241 g/mol. The zero-order valence-corrected chi connectivity index (χ0v) is 9.25. The van der Waals surface area contributed by atoms with Crippen molar-refractivity contribution in [1.29, 1.82) is 0 Å². The topological polar surface area (TPSA) is 38.9 Å². The van der Waals surface area contributed by atoms with Gasteiger partial charge in [-0.2, -0.15) is 13.2 Å². The van der Waals surface area contributed by atoms with E-state index in [1.54, 1.807) is 18.2 Å². The van der Waals surface area contributed by atoms with Gasteiger partial charge < -0.3 is 5.73 Å². The van der Waals surface area contributed by atoms with Gasteiger partial charge in [-0.3, -0.25) is 0 Å². The quantitative estimate of drug-likeness (QED) is 0.839. The van der Waals surface area contributed by atoms with Gasteiger partial charge in [-0.25, -0.2) is 4.98 Å².